The Balaban J connectivity index is 2.40. The third-order valence-electron chi connectivity index (χ3n) is 2.35. The van der Waals surface area contributed by atoms with Crippen LogP contribution in [0.5, 0.6) is 5.75 Å². The van der Waals surface area contributed by atoms with E-state index in [9.17, 15) is 5.11 Å². The molecule has 0 aliphatic heterocycles. The Morgan fingerprint density at radius 3 is 2.81 bits per heavy atom. The highest BCUT2D eigenvalue weighted by Gasteiger charge is 2.16. The number of rotatable bonds is 3. The molecule has 0 spiro atoms. The van der Waals surface area contributed by atoms with Crippen molar-refractivity contribution >= 4 is 11.6 Å². The largest absolute Gasteiger partial charge is 0.496 e. The second kappa shape index (κ2) is 4.60. The van der Waals surface area contributed by atoms with Gasteiger partial charge in [0.1, 0.15) is 11.9 Å². The van der Waals surface area contributed by atoms with Gasteiger partial charge in [-0.25, -0.2) is 0 Å². The first-order valence-electron chi connectivity index (χ1n) is 4.76. The fourth-order valence-corrected chi connectivity index (χ4v) is 1.68. The molecule has 1 unspecified atom stereocenters. The number of hydrogen-bond acceptors (Lipinski definition) is 3. The van der Waals surface area contributed by atoms with Crippen LogP contribution in [0.25, 0.3) is 0 Å². The Bertz CT molecular complexity index is 465. The predicted molar refractivity (Wildman–Crippen MR) is 60.8 cm³/mol. The number of hydrogen-bond donors (Lipinski definition) is 1. The van der Waals surface area contributed by atoms with Gasteiger partial charge in [-0.2, -0.15) is 0 Å². The lowest BCUT2D eigenvalue weighted by Crippen LogP contribution is -2.01. The second-order valence-corrected chi connectivity index (χ2v) is 3.78. The molecular formula is C12H11ClO3. The van der Waals surface area contributed by atoms with Crippen molar-refractivity contribution in [3.05, 3.63) is 52.9 Å². The van der Waals surface area contributed by atoms with Crippen LogP contribution in [0.1, 0.15) is 17.2 Å². The molecule has 84 valence electrons. The van der Waals surface area contributed by atoms with E-state index in [0.29, 0.717) is 21.9 Å². The molecule has 0 radical (unpaired) electrons. The number of aliphatic hydroxyl groups is 1. The van der Waals surface area contributed by atoms with Gasteiger partial charge in [-0.05, 0) is 18.2 Å². The van der Waals surface area contributed by atoms with Crippen LogP contribution in [-0.4, -0.2) is 12.2 Å². The summed E-state index contributed by atoms with van der Waals surface area (Å²) in [5, 5.41) is 10.7. The summed E-state index contributed by atoms with van der Waals surface area (Å²) in [6.45, 7) is 0. The molecule has 1 N–H and O–H groups in total. The topological polar surface area (TPSA) is 42.6 Å². The molecule has 0 amide bonds. The zero-order valence-corrected chi connectivity index (χ0v) is 9.44. The van der Waals surface area contributed by atoms with Crippen molar-refractivity contribution in [3.8, 4) is 5.75 Å². The maximum Gasteiger partial charge on any atom is 0.126 e. The number of ether oxygens (including phenoxy) is 1. The summed E-state index contributed by atoms with van der Waals surface area (Å²) in [5.74, 6) is 0.557. The van der Waals surface area contributed by atoms with Gasteiger partial charge in [-0.3, -0.25) is 0 Å². The van der Waals surface area contributed by atoms with Crippen LogP contribution < -0.4 is 4.74 Å². The molecule has 0 saturated carbocycles. The second-order valence-electron chi connectivity index (χ2n) is 3.35. The fourth-order valence-electron chi connectivity index (χ4n) is 1.52. The Labute approximate surface area is 98.2 Å². The Hall–Kier alpha value is -1.45. The van der Waals surface area contributed by atoms with Crippen molar-refractivity contribution in [2.75, 3.05) is 7.11 Å². The van der Waals surface area contributed by atoms with Crippen LogP contribution in [0, 0.1) is 0 Å². The van der Waals surface area contributed by atoms with Crippen LogP contribution in [0.2, 0.25) is 5.02 Å². The Kier molecular flexibility index (Phi) is 3.17. The van der Waals surface area contributed by atoms with Gasteiger partial charge in [-0.1, -0.05) is 17.7 Å². The van der Waals surface area contributed by atoms with Gasteiger partial charge in [0.25, 0.3) is 0 Å². The van der Waals surface area contributed by atoms with Gasteiger partial charge < -0.3 is 14.3 Å². The molecule has 0 aliphatic carbocycles. The summed E-state index contributed by atoms with van der Waals surface area (Å²) in [6, 6.07) is 6.82. The molecule has 1 aromatic carbocycles. The maximum absolute atomic E-state index is 10.1. The highest BCUT2D eigenvalue weighted by molar-refractivity contribution is 6.30. The first-order valence-corrected chi connectivity index (χ1v) is 5.13. The van der Waals surface area contributed by atoms with E-state index in [2.05, 4.69) is 0 Å². The quantitative estimate of drug-likeness (QED) is 0.894. The summed E-state index contributed by atoms with van der Waals surface area (Å²) in [7, 11) is 1.54. The number of aliphatic hydroxyl groups excluding tert-OH is 1. The van der Waals surface area contributed by atoms with E-state index in [1.165, 1.54) is 19.6 Å². The average molecular weight is 239 g/mol. The highest BCUT2D eigenvalue weighted by atomic mass is 35.5. The molecule has 0 fully saturated rings. The van der Waals surface area contributed by atoms with Gasteiger partial charge >= 0.3 is 0 Å². The van der Waals surface area contributed by atoms with Crippen LogP contribution in [0.3, 0.4) is 0 Å². The SMILES string of the molecule is COc1cc(Cl)ccc1C(O)c1ccoc1. The standard InChI is InChI=1S/C12H11ClO3/c1-15-11-6-9(13)2-3-10(11)12(14)8-4-5-16-7-8/h2-7,12,14H,1H3. The van der Waals surface area contributed by atoms with Crippen LogP contribution in [0.15, 0.2) is 41.2 Å². The Morgan fingerprint density at radius 1 is 1.38 bits per heavy atom. The minimum absolute atomic E-state index is 0.557. The van der Waals surface area contributed by atoms with Crippen molar-refractivity contribution in [1.82, 2.24) is 0 Å². The summed E-state index contributed by atoms with van der Waals surface area (Å²) < 4.78 is 10.1. The summed E-state index contributed by atoms with van der Waals surface area (Å²) in [6.07, 6.45) is 2.24. The van der Waals surface area contributed by atoms with Crippen molar-refractivity contribution < 1.29 is 14.3 Å². The molecule has 2 aromatic rings. The zero-order chi connectivity index (χ0) is 11.5. The van der Waals surface area contributed by atoms with Gasteiger partial charge in [0.15, 0.2) is 0 Å². The monoisotopic (exact) mass is 238 g/mol. The normalized spacial score (nSPS) is 12.4. The molecule has 1 aromatic heterocycles. The molecule has 0 bridgehead atoms. The number of furan rings is 1. The molecular weight excluding hydrogens is 228 g/mol. The van der Waals surface area contributed by atoms with E-state index in [-0.39, 0.29) is 0 Å². The van der Waals surface area contributed by atoms with Crippen LogP contribution in [0.4, 0.5) is 0 Å². The molecule has 16 heavy (non-hydrogen) atoms. The smallest absolute Gasteiger partial charge is 0.126 e. The maximum atomic E-state index is 10.1. The minimum Gasteiger partial charge on any atom is -0.496 e. The van der Waals surface area contributed by atoms with Gasteiger partial charge in [0, 0.05) is 16.1 Å². The third-order valence-corrected chi connectivity index (χ3v) is 2.58. The number of methoxy groups -OCH3 is 1. The van der Waals surface area contributed by atoms with Crippen LogP contribution >= 0.6 is 11.6 Å². The fraction of sp³-hybridized carbons (Fsp3) is 0.167. The molecule has 1 atom stereocenters. The van der Waals surface area contributed by atoms with Crippen molar-refractivity contribution in [1.29, 1.82) is 0 Å². The summed E-state index contributed by atoms with van der Waals surface area (Å²) >= 11 is 5.85. The van der Waals surface area contributed by atoms with E-state index in [0.717, 1.165) is 0 Å². The average Bonchev–Trinajstić information content (AvgIpc) is 2.81. The molecule has 0 saturated heterocycles. The van der Waals surface area contributed by atoms with Crippen molar-refractivity contribution in [2.24, 2.45) is 0 Å². The number of benzene rings is 1. The predicted octanol–water partition coefficient (Wildman–Crippen LogP) is 3.02. The van der Waals surface area contributed by atoms with Gasteiger partial charge in [0.2, 0.25) is 0 Å². The lowest BCUT2D eigenvalue weighted by Gasteiger charge is -2.13. The summed E-state index contributed by atoms with van der Waals surface area (Å²) in [4.78, 5) is 0. The number of halogens is 1. The van der Waals surface area contributed by atoms with E-state index < -0.39 is 6.10 Å². The molecule has 4 heteroatoms. The van der Waals surface area contributed by atoms with Gasteiger partial charge in [-0.15, -0.1) is 0 Å². The molecule has 2 rings (SSSR count). The van der Waals surface area contributed by atoms with Crippen molar-refractivity contribution in [3.63, 3.8) is 0 Å². The van der Waals surface area contributed by atoms with Crippen molar-refractivity contribution in [2.45, 2.75) is 6.10 Å². The third kappa shape index (κ3) is 2.05. The Morgan fingerprint density at radius 2 is 2.19 bits per heavy atom. The first-order chi connectivity index (χ1) is 7.72. The van der Waals surface area contributed by atoms with E-state index in [1.54, 1.807) is 24.3 Å². The summed E-state index contributed by atoms with van der Waals surface area (Å²) in [5.41, 5.74) is 1.34. The molecule has 1 heterocycles. The zero-order valence-electron chi connectivity index (χ0n) is 8.68. The van der Waals surface area contributed by atoms with Gasteiger partial charge in [0.05, 0.1) is 19.6 Å². The van der Waals surface area contributed by atoms with Crippen LogP contribution in [-0.2, 0) is 0 Å². The molecule has 3 nitrogen and oxygen atoms in total. The lowest BCUT2D eigenvalue weighted by atomic mass is 10.0. The van der Waals surface area contributed by atoms with E-state index in [1.807, 2.05) is 0 Å². The molecule has 0 aliphatic rings. The van der Waals surface area contributed by atoms with E-state index in [4.69, 9.17) is 20.8 Å². The highest BCUT2D eigenvalue weighted by Crippen LogP contribution is 2.32. The lowest BCUT2D eigenvalue weighted by molar-refractivity contribution is 0.213. The minimum atomic E-state index is -0.772. The first kappa shape index (κ1) is 11.0. The van der Waals surface area contributed by atoms with E-state index >= 15 is 0 Å².